The minimum atomic E-state index is 0.987. The normalized spacial score (nSPS) is 32.8. The Hall–Kier alpha value is -0.0400. The molecule has 0 radical (unpaired) electrons. The summed E-state index contributed by atoms with van der Waals surface area (Å²) in [4.78, 5) is 0. The van der Waals surface area contributed by atoms with Crippen molar-refractivity contribution in [2.45, 2.75) is 64.2 Å². The third-order valence-electron chi connectivity index (χ3n) is 4.89. The molecule has 0 aromatic rings. The molecule has 0 spiro atoms. The van der Waals surface area contributed by atoms with E-state index >= 15 is 0 Å². The Morgan fingerprint density at radius 3 is 2.12 bits per heavy atom. The van der Waals surface area contributed by atoms with E-state index in [0.717, 1.165) is 17.8 Å². The second-order valence-electron chi connectivity index (χ2n) is 6.10. The predicted molar refractivity (Wildman–Crippen MR) is 70.6 cm³/mol. The lowest BCUT2D eigenvalue weighted by molar-refractivity contribution is 0.175. The maximum Gasteiger partial charge on any atom is -0.00209 e. The summed E-state index contributed by atoms with van der Waals surface area (Å²) >= 11 is 0. The third kappa shape index (κ3) is 3.48. The average Bonchev–Trinajstić information content (AvgIpc) is 2.33. The fourth-order valence-electron chi connectivity index (χ4n) is 3.98. The van der Waals surface area contributed by atoms with Crippen molar-refractivity contribution in [2.75, 3.05) is 13.6 Å². The Morgan fingerprint density at radius 1 is 0.812 bits per heavy atom. The van der Waals surface area contributed by atoms with Gasteiger partial charge >= 0.3 is 0 Å². The number of hydrogen-bond donors (Lipinski definition) is 1. The van der Waals surface area contributed by atoms with E-state index in [2.05, 4.69) is 12.4 Å². The van der Waals surface area contributed by atoms with Gasteiger partial charge in [0, 0.05) is 0 Å². The zero-order valence-electron chi connectivity index (χ0n) is 11.0. The molecule has 1 heteroatoms. The highest BCUT2D eigenvalue weighted by Gasteiger charge is 2.27. The first-order valence-corrected chi connectivity index (χ1v) is 7.54. The predicted octanol–water partition coefficient (Wildman–Crippen LogP) is 3.98. The van der Waals surface area contributed by atoms with Gasteiger partial charge in [0.05, 0.1) is 0 Å². The largest absolute Gasteiger partial charge is 0.319 e. The van der Waals surface area contributed by atoms with Gasteiger partial charge in [-0.15, -0.1) is 0 Å². The molecule has 0 saturated heterocycles. The minimum Gasteiger partial charge on any atom is -0.319 e. The van der Waals surface area contributed by atoms with Crippen LogP contribution in [0, 0.1) is 17.8 Å². The standard InChI is InChI=1S/C15H29N/c1-16-12-15-10-6-5-9-14(15)11-13-7-3-2-4-8-13/h13-16H,2-12H2,1H3. The third-order valence-corrected chi connectivity index (χ3v) is 4.89. The summed E-state index contributed by atoms with van der Waals surface area (Å²) < 4.78 is 0. The van der Waals surface area contributed by atoms with Gasteiger partial charge in [-0.2, -0.15) is 0 Å². The lowest BCUT2D eigenvalue weighted by Gasteiger charge is -2.35. The van der Waals surface area contributed by atoms with Crippen LogP contribution in [0.15, 0.2) is 0 Å². The van der Waals surface area contributed by atoms with Crippen LogP contribution in [0.1, 0.15) is 64.2 Å². The van der Waals surface area contributed by atoms with Gasteiger partial charge < -0.3 is 5.32 Å². The minimum absolute atomic E-state index is 0.987. The molecule has 0 bridgehead atoms. The zero-order valence-corrected chi connectivity index (χ0v) is 11.0. The Bertz CT molecular complexity index is 182. The van der Waals surface area contributed by atoms with Crippen molar-refractivity contribution in [3.05, 3.63) is 0 Å². The van der Waals surface area contributed by atoms with Gasteiger partial charge in [0.25, 0.3) is 0 Å². The van der Waals surface area contributed by atoms with E-state index in [1.54, 1.807) is 6.42 Å². The molecule has 2 atom stereocenters. The van der Waals surface area contributed by atoms with E-state index < -0.39 is 0 Å². The first-order chi connectivity index (χ1) is 7.90. The molecule has 2 fully saturated rings. The molecule has 2 aliphatic rings. The van der Waals surface area contributed by atoms with E-state index in [4.69, 9.17) is 0 Å². The summed E-state index contributed by atoms with van der Waals surface area (Å²) in [5.41, 5.74) is 0. The Balaban J connectivity index is 1.80. The first-order valence-electron chi connectivity index (χ1n) is 7.54. The maximum absolute atomic E-state index is 3.40. The highest BCUT2D eigenvalue weighted by Crippen LogP contribution is 2.38. The van der Waals surface area contributed by atoms with E-state index in [1.807, 2.05) is 0 Å². The van der Waals surface area contributed by atoms with Gasteiger partial charge in [-0.1, -0.05) is 51.4 Å². The average molecular weight is 223 g/mol. The fourth-order valence-corrected chi connectivity index (χ4v) is 3.98. The van der Waals surface area contributed by atoms with Crippen LogP contribution in [0.5, 0.6) is 0 Å². The van der Waals surface area contributed by atoms with Crippen LogP contribution in [-0.2, 0) is 0 Å². The van der Waals surface area contributed by atoms with Crippen LogP contribution >= 0.6 is 0 Å². The molecule has 2 rings (SSSR count). The Kier molecular flexibility index (Phi) is 5.15. The van der Waals surface area contributed by atoms with Crippen molar-refractivity contribution < 1.29 is 0 Å². The molecule has 0 aromatic carbocycles. The highest BCUT2D eigenvalue weighted by atomic mass is 14.8. The second-order valence-corrected chi connectivity index (χ2v) is 6.10. The topological polar surface area (TPSA) is 12.0 Å². The molecule has 2 saturated carbocycles. The first kappa shape index (κ1) is 12.4. The summed E-state index contributed by atoms with van der Waals surface area (Å²) in [6.45, 7) is 1.26. The molecule has 94 valence electrons. The van der Waals surface area contributed by atoms with E-state index in [9.17, 15) is 0 Å². The van der Waals surface area contributed by atoms with Crippen molar-refractivity contribution in [3.63, 3.8) is 0 Å². The Morgan fingerprint density at radius 2 is 1.44 bits per heavy atom. The Labute approximate surface area is 101 Å². The molecule has 1 nitrogen and oxygen atoms in total. The smallest absolute Gasteiger partial charge is 0.00209 e. The lowest BCUT2D eigenvalue weighted by Crippen LogP contribution is -2.30. The lowest BCUT2D eigenvalue weighted by atomic mass is 9.72. The van der Waals surface area contributed by atoms with Crippen LogP contribution in [0.25, 0.3) is 0 Å². The van der Waals surface area contributed by atoms with Crippen molar-refractivity contribution in [1.82, 2.24) is 5.32 Å². The summed E-state index contributed by atoms with van der Waals surface area (Å²) in [7, 11) is 2.12. The quantitative estimate of drug-likeness (QED) is 0.760. The highest BCUT2D eigenvalue weighted by molar-refractivity contribution is 4.80. The molecule has 0 amide bonds. The summed E-state index contributed by atoms with van der Waals surface area (Å²) in [6, 6.07) is 0. The molecule has 0 heterocycles. The van der Waals surface area contributed by atoms with Crippen molar-refractivity contribution in [1.29, 1.82) is 0 Å². The second kappa shape index (κ2) is 6.64. The van der Waals surface area contributed by atoms with Gasteiger partial charge in [0.1, 0.15) is 0 Å². The molecule has 2 aliphatic carbocycles. The number of rotatable bonds is 4. The van der Waals surface area contributed by atoms with Crippen LogP contribution < -0.4 is 5.32 Å². The van der Waals surface area contributed by atoms with Crippen LogP contribution in [-0.4, -0.2) is 13.6 Å². The van der Waals surface area contributed by atoms with Crippen LogP contribution in [0.3, 0.4) is 0 Å². The number of nitrogens with one attached hydrogen (secondary N) is 1. The molecule has 2 unspecified atom stereocenters. The van der Waals surface area contributed by atoms with Gasteiger partial charge in [-0.3, -0.25) is 0 Å². The zero-order chi connectivity index (χ0) is 11.2. The molecule has 0 aliphatic heterocycles. The van der Waals surface area contributed by atoms with E-state index in [1.165, 1.54) is 64.3 Å². The molecular formula is C15H29N. The maximum atomic E-state index is 3.40. The van der Waals surface area contributed by atoms with Gasteiger partial charge in [0.15, 0.2) is 0 Å². The van der Waals surface area contributed by atoms with Gasteiger partial charge in [-0.25, -0.2) is 0 Å². The van der Waals surface area contributed by atoms with Crippen molar-refractivity contribution in [3.8, 4) is 0 Å². The number of hydrogen-bond acceptors (Lipinski definition) is 1. The van der Waals surface area contributed by atoms with Crippen LogP contribution in [0.2, 0.25) is 0 Å². The van der Waals surface area contributed by atoms with Gasteiger partial charge in [0.2, 0.25) is 0 Å². The van der Waals surface area contributed by atoms with Crippen molar-refractivity contribution >= 4 is 0 Å². The summed E-state index contributed by atoms with van der Waals surface area (Å²) in [5.74, 6) is 3.11. The van der Waals surface area contributed by atoms with E-state index in [0.29, 0.717) is 0 Å². The van der Waals surface area contributed by atoms with E-state index in [-0.39, 0.29) is 0 Å². The van der Waals surface area contributed by atoms with Crippen LogP contribution in [0.4, 0.5) is 0 Å². The SMILES string of the molecule is CNCC1CCCCC1CC1CCCCC1. The van der Waals surface area contributed by atoms with Crippen molar-refractivity contribution in [2.24, 2.45) is 17.8 Å². The summed E-state index contributed by atoms with van der Waals surface area (Å²) in [6.07, 6.45) is 15.1. The molecule has 1 N–H and O–H groups in total. The molecule has 0 aromatic heterocycles. The fraction of sp³-hybridized carbons (Fsp3) is 1.00. The summed E-state index contributed by atoms with van der Waals surface area (Å²) in [5, 5.41) is 3.40. The molecule has 16 heavy (non-hydrogen) atoms. The monoisotopic (exact) mass is 223 g/mol. The van der Waals surface area contributed by atoms with Gasteiger partial charge in [-0.05, 0) is 44.2 Å². The molecular weight excluding hydrogens is 194 g/mol.